The number of amides is 1. The third kappa shape index (κ3) is 4.16. The number of carbonyl (C=O) groups excluding carboxylic acids is 1. The van der Waals surface area contributed by atoms with Crippen molar-refractivity contribution in [2.45, 2.75) is 13.1 Å². The molecule has 0 N–H and O–H groups in total. The average Bonchev–Trinajstić information content (AvgIpc) is 3.15. The second kappa shape index (κ2) is 7.21. The molecule has 6 heteroatoms. The highest BCUT2D eigenvalue weighted by Crippen LogP contribution is 2.22. The van der Waals surface area contributed by atoms with Crippen LogP contribution in [0.2, 0.25) is 0 Å². The van der Waals surface area contributed by atoms with E-state index in [2.05, 4.69) is 22.5 Å². The van der Waals surface area contributed by atoms with Crippen LogP contribution < -0.4 is 0 Å². The molecule has 23 heavy (non-hydrogen) atoms. The van der Waals surface area contributed by atoms with Crippen molar-refractivity contribution < 1.29 is 4.79 Å². The molecular formula is C17H19N3OS2. The summed E-state index contributed by atoms with van der Waals surface area (Å²) in [6, 6.07) is 12.2. The Morgan fingerprint density at radius 1 is 1.13 bits per heavy atom. The molecule has 2 aromatic heterocycles. The maximum absolute atomic E-state index is 12.4. The Labute approximate surface area is 144 Å². The zero-order valence-corrected chi connectivity index (χ0v) is 14.9. The van der Waals surface area contributed by atoms with E-state index in [-0.39, 0.29) is 5.91 Å². The minimum Gasteiger partial charge on any atom is -0.338 e. The Kier molecular flexibility index (Phi) is 5.05. The zero-order chi connectivity index (χ0) is 16.2. The number of likely N-dealkylation sites (N-methyl/N-ethyl adjacent to an activating group) is 2. The van der Waals surface area contributed by atoms with Gasteiger partial charge in [-0.05, 0) is 30.6 Å². The molecule has 120 valence electrons. The van der Waals surface area contributed by atoms with Gasteiger partial charge in [-0.3, -0.25) is 9.69 Å². The summed E-state index contributed by atoms with van der Waals surface area (Å²) < 4.78 is 1.16. The molecule has 1 amide bonds. The molecule has 0 aliphatic rings. The highest BCUT2D eigenvalue weighted by atomic mass is 32.1. The molecule has 0 bridgehead atoms. The van der Waals surface area contributed by atoms with E-state index >= 15 is 0 Å². The quantitative estimate of drug-likeness (QED) is 0.686. The van der Waals surface area contributed by atoms with Gasteiger partial charge >= 0.3 is 0 Å². The van der Waals surface area contributed by atoms with Crippen LogP contribution in [-0.2, 0) is 17.9 Å². The summed E-state index contributed by atoms with van der Waals surface area (Å²) in [4.78, 5) is 22.0. The molecule has 4 nitrogen and oxygen atoms in total. The first-order valence-corrected chi connectivity index (χ1v) is 9.11. The SMILES string of the molecule is CN(CC(=O)N(C)Cc1nc2ccccc2s1)Cc1cccs1. The predicted octanol–water partition coefficient (Wildman–Crippen LogP) is 3.45. The van der Waals surface area contributed by atoms with E-state index in [1.54, 1.807) is 27.6 Å². The lowest BCUT2D eigenvalue weighted by Crippen LogP contribution is -2.35. The van der Waals surface area contributed by atoms with Crippen molar-refractivity contribution in [3.8, 4) is 0 Å². The van der Waals surface area contributed by atoms with Crippen molar-refractivity contribution in [1.29, 1.82) is 0 Å². The van der Waals surface area contributed by atoms with Crippen LogP contribution >= 0.6 is 22.7 Å². The fourth-order valence-electron chi connectivity index (χ4n) is 2.35. The van der Waals surface area contributed by atoms with Gasteiger partial charge in [0.15, 0.2) is 0 Å². The predicted molar refractivity (Wildman–Crippen MR) is 96.7 cm³/mol. The first-order valence-electron chi connectivity index (χ1n) is 7.41. The van der Waals surface area contributed by atoms with Crippen molar-refractivity contribution in [1.82, 2.24) is 14.8 Å². The number of hydrogen-bond acceptors (Lipinski definition) is 5. The number of nitrogens with zero attached hydrogens (tertiary/aromatic N) is 3. The number of thiophene rings is 1. The van der Waals surface area contributed by atoms with Crippen LogP contribution in [0.25, 0.3) is 10.2 Å². The molecule has 0 radical (unpaired) electrons. The normalized spacial score (nSPS) is 11.3. The summed E-state index contributed by atoms with van der Waals surface area (Å²) in [6.07, 6.45) is 0. The summed E-state index contributed by atoms with van der Waals surface area (Å²) in [7, 11) is 3.82. The molecule has 0 spiro atoms. The highest BCUT2D eigenvalue weighted by molar-refractivity contribution is 7.18. The van der Waals surface area contributed by atoms with E-state index in [0.29, 0.717) is 13.1 Å². The van der Waals surface area contributed by atoms with E-state index in [4.69, 9.17) is 0 Å². The minimum absolute atomic E-state index is 0.114. The lowest BCUT2D eigenvalue weighted by atomic mass is 10.3. The van der Waals surface area contributed by atoms with Crippen molar-refractivity contribution in [2.75, 3.05) is 20.6 Å². The summed E-state index contributed by atoms with van der Waals surface area (Å²) >= 11 is 3.37. The first-order chi connectivity index (χ1) is 11.1. The monoisotopic (exact) mass is 345 g/mol. The third-order valence-electron chi connectivity index (χ3n) is 3.55. The van der Waals surface area contributed by atoms with Gasteiger partial charge in [0.25, 0.3) is 0 Å². The van der Waals surface area contributed by atoms with Crippen molar-refractivity contribution in [3.05, 3.63) is 51.7 Å². The number of hydrogen-bond donors (Lipinski definition) is 0. The molecule has 0 aliphatic heterocycles. The fraction of sp³-hybridized carbons (Fsp3) is 0.294. The Balaban J connectivity index is 1.56. The first kappa shape index (κ1) is 16.1. The van der Waals surface area contributed by atoms with E-state index in [1.807, 2.05) is 43.3 Å². The molecule has 1 aromatic carbocycles. The number of benzene rings is 1. The van der Waals surface area contributed by atoms with Crippen LogP contribution in [0.15, 0.2) is 41.8 Å². The van der Waals surface area contributed by atoms with Gasteiger partial charge in [0.1, 0.15) is 5.01 Å². The topological polar surface area (TPSA) is 36.4 Å². The maximum atomic E-state index is 12.4. The number of aromatic nitrogens is 1. The van der Waals surface area contributed by atoms with E-state index < -0.39 is 0 Å². The lowest BCUT2D eigenvalue weighted by Gasteiger charge is -2.20. The maximum Gasteiger partial charge on any atom is 0.236 e. The van der Waals surface area contributed by atoms with Crippen LogP contribution in [0.4, 0.5) is 0 Å². The summed E-state index contributed by atoms with van der Waals surface area (Å²) in [6.45, 7) is 1.78. The van der Waals surface area contributed by atoms with Crippen LogP contribution in [0.1, 0.15) is 9.88 Å². The van der Waals surface area contributed by atoms with Crippen LogP contribution in [0, 0.1) is 0 Å². The molecule has 2 heterocycles. The van der Waals surface area contributed by atoms with Gasteiger partial charge < -0.3 is 4.90 Å². The fourth-order valence-corrected chi connectivity index (χ4v) is 4.16. The average molecular weight is 345 g/mol. The van der Waals surface area contributed by atoms with Gasteiger partial charge in [-0.2, -0.15) is 0 Å². The lowest BCUT2D eigenvalue weighted by molar-refractivity contribution is -0.131. The molecule has 0 saturated heterocycles. The molecule has 0 fully saturated rings. The van der Waals surface area contributed by atoms with Gasteiger partial charge in [0, 0.05) is 18.5 Å². The Morgan fingerprint density at radius 3 is 2.70 bits per heavy atom. The largest absolute Gasteiger partial charge is 0.338 e. The number of para-hydroxylation sites is 1. The number of rotatable bonds is 6. The van der Waals surface area contributed by atoms with Gasteiger partial charge in [-0.25, -0.2) is 4.98 Å². The molecule has 3 aromatic rings. The second-order valence-electron chi connectivity index (χ2n) is 5.58. The second-order valence-corrected chi connectivity index (χ2v) is 7.72. The van der Waals surface area contributed by atoms with Crippen LogP contribution in [0.5, 0.6) is 0 Å². The van der Waals surface area contributed by atoms with Crippen molar-refractivity contribution in [3.63, 3.8) is 0 Å². The summed E-state index contributed by atoms with van der Waals surface area (Å²) in [5.74, 6) is 0.114. The molecule has 0 aliphatic carbocycles. The Morgan fingerprint density at radius 2 is 1.96 bits per heavy atom. The third-order valence-corrected chi connectivity index (χ3v) is 5.43. The highest BCUT2D eigenvalue weighted by Gasteiger charge is 2.14. The van der Waals surface area contributed by atoms with Gasteiger partial charge in [0.2, 0.25) is 5.91 Å². The number of fused-ring (bicyclic) bond motifs is 1. The Bertz CT molecular complexity index is 749. The van der Waals surface area contributed by atoms with E-state index in [1.165, 1.54) is 4.88 Å². The van der Waals surface area contributed by atoms with Gasteiger partial charge in [0.05, 0.1) is 23.3 Å². The zero-order valence-electron chi connectivity index (χ0n) is 13.2. The van der Waals surface area contributed by atoms with E-state index in [9.17, 15) is 4.79 Å². The van der Waals surface area contributed by atoms with Crippen LogP contribution in [-0.4, -0.2) is 41.3 Å². The van der Waals surface area contributed by atoms with Gasteiger partial charge in [-0.1, -0.05) is 18.2 Å². The Hall–Kier alpha value is -1.76. The molecule has 0 atom stereocenters. The summed E-state index contributed by atoms with van der Waals surface area (Å²) in [5.41, 5.74) is 1.00. The molecule has 3 rings (SSSR count). The standard InChI is InChI=1S/C17H19N3OS2/c1-19(10-13-6-5-9-22-13)12-17(21)20(2)11-16-18-14-7-3-4-8-15(14)23-16/h3-9H,10-12H2,1-2H3. The number of thiazole rings is 1. The molecule has 0 unspecified atom stereocenters. The van der Waals surface area contributed by atoms with E-state index in [0.717, 1.165) is 21.8 Å². The van der Waals surface area contributed by atoms with Crippen molar-refractivity contribution in [2.24, 2.45) is 0 Å². The van der Waals surface area contributed by atoms with Crippen LogP contribution in [0.3, 0.4) is 0 Å². The molecular weight excluding hydrogens is 326 g/mol. The van der Waals surface area contributed by atoms with Crippen molar-refractivity contribution >= 4 is 38.8 Å². The molecule has 0 saturated carbocycles. The number of carbonyl (C=O) groups is 1. The smallest absolute Gasteiger partial charge is 0.236 e. The minimum atomic E-state index is 0.114. The van der Waals surface area contributed by atoms with Gasteiger partial charge in [-0.15, -0.1) is 22.7 Å². The summed E-state index contributed by atoms with van der Waals surface area (Å²) in [5, 5.41) is 3.03.